The number of rotatable bonds is 7. The topological polar surface area (TPSA) is 82.2 Å². The van der Waals surface area contributed by atoms with Crippen molar-refractivity contribution in [3.63, 3.8) is 0 Å². The summed E-state index contributed by atoms with van der Waals surface area (Å²) in [5.41, 5.74) is 1.21. The zero-order chi connectivity index (χ0) is 25.0. The van der Waals surface area contributed by atoms with Crippen LogP contribution < -0.4 is 15.0 Å². The quantitative estimate of drug-likeness (QED) is 0.624. The van der Waals surface area contributed by atoms with Gasteiger partial charge in [0, 0.05) is 39.3 Å². The van der Waals surface area contributed by atoms with E-state index >= 15 is 0 Å². The third-order valence-electron chi connectivity index (χ3n) is 6.52. The van der Waals surface area contributed by atoms with Crippen LogP contribution in [0.4, 0.5) is 15.8 Å². The summed E-state index contributed by atoms with van der Waals surface area (Å²) in [6, 6.07) is 10.4. The summed E-state index contributed by atoms with van der Waals surface area (Å²) in [6.45, 7) is 5.87. The predicted molar refractivity (Wildman–Crippen MR) is 134 cm³/mol. The number of sulfonamides is 1. The molecule has 2 heterocycles. The van der Waals surface area contributed by atoms with E-state index in [1.807, 2.05) is 0 Å². The summed E-state index contributed by atoms with van der Waals surface area (Å²) in [5.74, 6) is -0.440. The van der Waals surface area contributed by atoms with E-state index in [9.17, 15) is 17.6 Å². The second-order valence-corrected chi connectivity index (χ2v) is 11.1. The molecule has 0 aromatic heterocycles. The SMILES string of the molecule is C[C@H](Oc1ccc(F)cc1)C(=O)Nc1cc(S(=O)(=O)N2CCCCC2)ccc1N1CCN(C)CC1. The Bertz CT molecular complexity index is 1130. The number of piperidine rings is 1. The molecule has 8 nitrogen and oxygen atoms in total. The van der Waals surface area contributed by atoms with Crippen molar-refractivity contribution >= 4 is 27.3 Å². The van der Waals surface area contributed by atoms with Gasteiger partial charge in [-0.05, 0) is 69.3 Å². The number of hydrogen-bond acceptors (Lipinski definition) is 6. The van der Waals surface area contributed by atoms with Crippen LogP contribution in [0.15, 0.2) is 47.4 Å². The Morgan fingerprint density at radius 2 is 1.63 bits per heavy atom. The molecule has 2 saturated heterocycles. The van der Waals surface area contributed by atoms with Crippen LogP contribution >= 0.6 is 0 Å². The molecule has 0 unspecified atom stereocenters. The van der Waals surface area contributed by atoms with Gasteiger partial charge in [-0.15, -0.1) is 0 Å². The van der Waals surface area contributed by atoms with Crippen molar-refractivity contribution in [2.45, 2.75) is 37.2 Å². The molecule has 2 aliphatic heterocycles. The summed E-state index contributed by atoms with van der Waals surface area (Å²) < 4.78 is 47.0. The fourth-order valence-corrected chi connectivity index (χ4v) is 5.90. The van der Waals surface area contributed by atoms with E-state index in [-0.39, 0.29) is 4.90 Å². The predicted octanol–water partition coefficient (Wildman–Crippen LogP) is 3.16. The Balaban J connectivity index is 1.59. The van der Waals surface area contributed by atoms with Gasteiger partial charge in [0.1, 0.15) is 11.6 Å². The highest BCUT2D eigenvalue weighted by Crippen LogP contribution is 2.32. The number of hydrogen-bond donors (Lipinski definition) is 1. The number of halogens is 1. The van der Waals surface area contributed by atoms with Crippen LogP contribution in [0.25, 0.3) is 0 Å². The first kappa shape index (κ1) is 25.4. The van der Waals surface area contributed by atoms with E-state index in [0.717, 1.165) is 51.1 Å². The molecule has 0 radical (unpaired) electrons. The normalized spacial score (nSPS) is 18.8. The number of likely N-dealkylation sites (N-methyl/N-ethyl adjacent to an activating group) is 1. The summed E-state index contributed by atoms with van der Waals surface area (Å²) in [6.07, 6.45) is 1.85. The number of anilines is 2. The minimum absolute atomic E-state index is 0.166. The van der Waals surface area contributed by atoms with Crippen LogP contribution in [-0.4, -0.2) is 76.0 Å². The lowest BCUT2D eigenvalue weighted by atomic mass is 10.2. The number of carbonyl (C=O) groups is 1. The molecule has 2 aliphatic rings. The van der Waals surface area contributed by atoms with Crippen LogP contribution in [-0.2, 0) is 14.8 Å². The molecule has 35 heavy (non-hydrogen) atoms. The van der Waals surface area contributed by atoms with Gasteiger partial charge in [0.25, 0.3) is 5.91 Å². The molecule has 1 amide bonds. The Hall–Kier alpha value is -2.69. The van der Waals surface area contributed by atoms with Crippen molar-refractivity contribution in [2.24, 2.45) is 0 Å². The Morgan fingerprint density at radius 3 is 2.29 bits per heavy atom. The molecular weight excluding hydrogens is 471 g/mol. The first-order valence-corrected chi connectivity index (χ1v) is 13.5. The number of amides is 1. The maximum absolute atomic E-state index is 13.3. The van der Waals surface area contributed by atoms with Crippen molar-refractivity contribution in [3.05, 3.63) is 48.3 Å². The second kappa shape index (κ2) is 10.9. The molecule has 0 spiro atoms. The lowest BCUT2D eigenvalue weighted by Gasteiger charge is -2.35. The van der Waals surface area contributed by atoms with Crippen LogP contribution in [0.2, 0.25) is 0 Å². The van der Waals surface area contributed by atoms with Gasteiger partial charge >= 0.3 is 0 Å². The number of nitrogens with one attached hydrogen (secondary N) is 1. The first-order chi connectivity index (χ1) is 16.7. The Labute approximate surface area is 206 Å². The van der Waals surface area contributed by atoms with E-state index in [2.05, 4.69) is 22.2 Å². The smallest absolute Gasteiger partial charge is 0.265 e. The Kier molecular flexibility index (Phi) is 7.93. The van der Waals surface area contributed by atoms with E-state index in [4.69, 9.17) is 4.74 Å². The van der Waals surface area contributed by atoms with Crippen molar-refractivity contribution in [1.29, 1.82) is 0 Å². The van der Waals surface area contributed by atoms with Gasteiger partial charge in [-0.25, -0.2) is 12.8 Å². The zero-order valence-corrected chi connectivity index (χ0v) is 21.1. The molecular formula is C25H33FN4O4S. The van der Waals surface area contributed by atoms with Crippen molar-refractivity contribution in [1.82, 2.24) is 9.21 Å². The van der Waals surface area contributed by atoms with Crippen molar-refractivity contribution in [3.8, 4) is 5.75 Å². The number of carbonyl (C=O) groups excluding carboxylic acids is 1. The average Bonchev–Trinajstić information content (AvgIpc) is 2.86. The molecule has 1 atom stereocenters. The van der Waals surface area contributed by atoms with E-state index in [0.29, 0.717) is 24.5 Å². The molecule has 0 bridgehead atoms. The second-order valence-electron chi connectivity index (χ2n) is 9.14. The van der Waals surface area contributed by atoms with Crippen molar-refractivity contribution in [2.75, 3.05) is 56.5 Å². The molecule has 0 saturated carbocycles. The fraction of sp³-hybridized carbons (Fsp3) is 0.480. The summed E-state index contributed by atoms with van der Waals surface area (Å²) in [7, 11) is -1.60. The molecule has 2 fully saturated rings. The third-order valence-corrected chi connectivity index (χ3v) is 8.41. The van der Waals surface area contributed by atoms with Gasteiger partial charge in [0.2, 0.25) is 10.0 Å². The fourth-order valence-electron chi connectivity index (χ4n) is 4.36. The standard InChI is InChI=1S/C25H33FN4O4S/c1-19(34-21-8-6-20(26)7-9-21)25(31)27-23-18-22(35(32,33)30-12-4-3-5-13-30)10-11-24(23)29-16-14-28(2)15-17-29/h6-11,18-19H,3-5,12-17H2,1-2H3,(H,27,31)/t19-/m0/s1. The van der Waals surface area contributed by atoms with Gasteiger partial charge in [0.15, 0.2) is 6.10 Å². The molecule has 0 aliphatic carbocycles. The lowest BCUT2D eigenvalue weighted by molar-refractivity contribution is -0.122. The number of piperazine rings is 1. The minimum Gasteiger partial charge on any atom is -0.481 e. The monoisotopic (exact) mass is 504 g/mol. The lowest BCUT2D eigenvalue weighted by Crippen LogP contribution is -2.45. The van der Waals surface area contributed by atoms with E-state index in [1.54, 1.807) is 25.1 Å². The first-order valence-electron chi connectivity index (χ1n) is 12.0. The maximum Gasteiger partial charge on any atom is 0.265 e. The highest BCUT2D eigenvalue weighted by atomic mass is 32.2. The van der Waals surface area contributed by atoms with E-state index in [1.165, 1.54) is 28.6 Å². The van der Waals surface area contributed by atoms with Crippen molar-refractivity contribution < 1.29 is 22.3 Å². The van der Waals surface area contributed by atoms with Gasteiger partial charge < -0.3 is 19.9 Å². The number of ether oxygens (including phenoxy) is 1. The summed E-state index contributed by atoms with van der Waals surface area (Å²) >= 11 is 0. The average molecular weight is 505 g/mol. The molecule has 1 N–H and O–H groups in total. The summed E-state index contributed by atoms with van der Waals surface area (Å²) in [5, 5.41) is 2.89. The third kappa shape index (κ3) is 6.12. The largest absolute Gasteiger partial charge is 0.481 e. The molecule has 2 aromatic carbocycles. The van der Waals surface area contributed by atoms with Gasteiger partial charge in [-0.3, -0.25) is 4.79 Å². The van der Waals surface area contributed by atoms with Crippen LogP contribution in [0, 0.1) is 5.82 Å². The molecule has 2 aromatic rings. The molecule has 4 rings (SSSR count). The highest BCUT2D eigenvalue weighted by Gasteiger charge is 2.28. The number of benzene rings is 2. The van der Waals surface area contributed by atoms with Gasteiger partial charge in [-0.1, -0.05) is 6.42 Å². The van der Waals surface area contributed by atoms with Gasteiger partial charge in [0.05, 0.1) is 16.3 Å². The van der Waals surface area contributed by atoms with Gasteiger partial charge in [-0.2, -0.15) is 4.31 Å². The molecule has 10 heteroatoms. The zero-order valence-electron chi connectivity index (χ0n) is 20.2. The minimum atomic E-state index is -3.66. The van der Waals surface area contributed by atoms with Crippen LogP contribution in [0.1, 0.15) is 26.2 Å². The summed E-state index contributed by atoms with van der Waals surface area (Å²) in [4.78, 5) is 17.6. The Morgan fingerprint density at radius 1 is 0.971 bits per heavy atom. The van der Waals surface area contributed by atoms with Crippen LogP contribution in [0.5, 0.6) is 5.75 Å². The number of nitrogens with zero attached hydrogens (tertiary/aromatic N) is 3. The highest BCUT2D eigenvalue weighted by molar-refractivity contribution is 7.89. The molecule has 190 valence electrons. The maximum atomic E-state index is 13.3. The van der Waals surface area contributed by atoms with Crippen LogP contribution in [0.3, 0.4) is 0 Å². The van der Waals surface area contributed by atoms with E-state index < -0.39 is 27.9 Å².